The summed E-state index contributed by atoms with van der Waals surface area (Å²) in [6.45, 7) is 5.03. The SMILES string of the molecule is CC(C)(C)OC(=O)Nc1ccc(F)cc1CC(N)CO. The fourth-order valence-corrected chi connectivity index (χ4v) is 1.61. The van der Waals surface area contributed by atoms with Gasteiger partial charge in [0.1, 0.15) is 11.4 Å². The van der Waals surface area contributed by atoms with E-state index in [2.05, 4.69) is 5.32 Å². The lowest BCUT2D eigenvalue weighted by atomic mass is 10.0. The van der Waals surface area contributed by atoms with Gasteiger partial charge in [0, 0.05) is 11.7 Å². The summed E-state index contributed by atoms with van der Waals surface area (Å²) in [6, 6.07) is 3.44. The van der Waals surface area contributed by atoms with Crippen molar-refractivity contribution in [3.05, 3.63) is 29.6 Å². The van der Waals surface area contributed by atoms with Gasteiger partial charge in [0.2, 0.25) is 0 Å². The Bertz CT molecular complexity index is 472. The molecule has 1 atom stereocenters. The Morgan fingerprint density at radius 3 is 2.70 bits per heavy atom. The Kier molecular flexibility index (Phi) is 5.47. The number of nitrogens with two attached hydrogens (primary N) is 1. The summed E-state index contributed by atoms with van der Waals surface area (Å²) >= 11 is 0. The molecule has 0 fully saturated rings. The standard InChI is InChI=1S/C14H21FN2O3/c1-14(2,3)20-13(19)17-12-5-4-10(15)6-9(12)7-11(16)8-18/h4-6,11,18H,7-8,16H2,1-3H3,(H,17,19). The van der Waals surface area contributed by atoms with Gasteiger partial charge in [0.25, 0.3) is 0 Å². The van der Waals surface area contributed by atoms with E-state index >= 15 is 0 Å². The smallest absolute Gasteiger partial charge is 0.412 e. The van der Waals surface area contributed by atoms with Crippen LogP contribution in [0.4, 0.5) is 14.9 Å². The molecule has 0 spiro atoms. The number of carbonyl (C=O) groups is 1. The molecule has 1 aromatic carbocycles. The van der Waals surface area contributed by atoms with Gasteiger partial charge in [-0.3, -0.25) is 5.32 Å². The number of halogens is 1. The molecule has 0 radical (unpaired) electrons. The zero-order valence-electron chi connectivity index (χ0n) is 11.9. The molecule has 0 aliphatic carbocycles. The molecule has 20 heavy (non-hydrogen) atoms. The molecule has 1 aromatic rings. The minimum absolute atomic E-state index is 0.220. The van der Waals surface area contributed by atoms with E-state index in [1.54, 1.807) is 20.8 Å². The summed E-state index contributed by atoms with van der Waals surface area (Å²) < 4.78 is 18.4. The number of rotatable bonds is 4. The van der Waals surface area contributed by atoms with Gasteiger partial charge in [-0.1, -0.05) is 0 Å². The second kappa shape index (κ2) is 6.67. The average molecular weight is 284 g/mol. The van der Waals surface area contributed by atoms with Crippen LogP contribution in [0, 0.1) is 5.82 Å². The third kappa shape index (κ3) is 5.54. The number of amides is 1. The number of nitrogens with one attached hydrogen (secondary N) is 1. The molecule has 5 nitrogen and oxygen atoms in total. The van der Waals surface area contributed by atoms with Crippen molar-refractivity contribution in [3.8, 4) is 0 Å². The van der Waals surface area contributed by atoms with Crippen LogP contribution in [0.5, 0.6) is 0 Å². The zero-order valence-corrected chi connectivity index (χ0v) is 11.9. The van der Waals surface area contributed by atoms with E-state index in [0.29, 0.717) is 11.3 Å². The van der Waals surface area contributed by atoms with Crippen LogP contribution in [-0.2, 0) is 11.2 Å². The lowest BCUT2D eigenvalue weighted by Crippen LogP contribution is -2.29. The molecule has 0 aromatic heterocycles. The zero-order chi connectivity index (χ0) is 15.3. The van der Waals surface area contributed by atoms with Crippen molar-refractivity contribution in [2.45, 2.75) is 38.8 Å². The Labute approximate surface area is 117 Å². The summed E-state index contributed by atoms with van der Waals surface area (Å²) in [4.78, 5) is 11.7. The molecule has 112 valence electrons. The average Bonchev–Trinajstić information content (AvgIpc) is 2.30. The molecular weight excluding hydrogens is 263 g/mol. The number of aliphatic hydroxyl groups excluding tert-OH is 1. The molecule has 0 heterocycles. The topological polar surface area (TPSA) is 84.6 Å². The highest BCUT2D eigenvalue weighted by Gasteiger charge is 2.18. The number of ether oxygens (including phenoxy) is 1. The van der Waals surface area contributed by atoms with Gasteiger partial charge in [0.05, 0.1) is 6.61 Å². The predicted molar refractivity (Wildman–Crippen MR) is 75.0 cm³/mol. The van der Waals surface area contributed by atoms with Crippen molar-refractivity contribution >= 4 is 11.8 Å². The van der Waals surface area contributed by atoms with Gasteiger partial charge in [-0.2, -0.15) is 0 Å². The minimum Gasteiger partial charge on any atom is -0.444 e. The molecule has 0 aliphatic rings. The normalized spacial score (nSPS) is 12.9. The van der Waals surface area contributed by atoms with Crippen LogP contribution in [0.3, 0.4) is 0 Å². The van der Waals surface area contributed by atoms with Crippen LogP contribution in [0.25, 0.3) is 0 Å². The lowest BCUT2D eigenvalue weighted by Gasteiger charge is -2.21. The molecule has 1 rings (SSSR count). The molecule has 1 unspecified atom stereocenters. The number of carbonyl (C=O) groups excluding carboxylic acids is 1. The Morgan fingerprint density at radius 2 is 2.15 bits per heavy atom. The van der Waals surface area contributed by atoms with Crippen molar-refractivity contribution in [2.24, 2.45) is 5.73 Å². The highest BCUT2D eigenvalue weighted by molar-refractivity contribution is 5.86. The molecule has 1 amide bonds. The predicted octanol–water partition coefficient (Wildman–Crippen LogP) is 2.03. The number of aliphatic hydroxyl groups is 1. The van der Waals surface area contributed by atoms with Crippen LogP contribution in [0.2, 0.25) is 0 Å². The summed E-state index contributed by atoms with van der Waals surface area (Å²) in [7, 11) is 0. The van der Waals surface area contributed by atoms with E-state index in [1.165, 1.54) is 18.2 Å². The van der Waals surface area contributed by atoms with Gasteiger partial charge in [-0.15, -0.1) is 0 Å². The maximum absolute atomic E-state index is 13.3. The Balaban J connectivity index is 2.86. The molecule has 6 heteroatoms. The van der Waals surface area contributed by atoms with Crippen molar-refractivity contribution in [1.29, 1.82) is 0 Å². The fraction of sp³-hybridized carbons (Fsp3) is 0.500. The monoisotopic (exact) mass is 284 g/mol. The number of hydrogen-bond donors (Lipinski definition) is 3. The van der Waals surface area contributed by atoms with Gasteiger partial charge in [0.15, 0.2) is 0 Å². The fourth-order valence-electron chi connectivity index (χ4n) is 1.61. The highest BCUT2D eigenvalue weighted by atomic mass is 19.1. The van der Waals surface area contributed by atoms with E-state index in [0.717, 1.165) is 0 Å². The minimum atomic E-state index is -0.622. The summed E-state index contributed by atoms with van der Waals surface area (Å²) in [5, 5.41) is 11.5. The first-order chi connectivity index (χ1) is 9.21. The Hall–Kier alpha value is -1.66. The van der Waals surface area contributed by atoms with Gasteiger partial charge < -0.3 is 15.6 Å². The number of benzene rings is 1. The Morgan fingerprint density at radius 1 is 1.50 bits per heavy atom. The molecule has 0 saturated heterocycles. The van der Waals surface area contributed by atoms with Crippen LogP contribution < -0.4 is 11.1 Å². The molecule has 0 saturated carbocycles. The maximum Gasteiger partial charge on any atom is 0.412 e. The van der Waals surface area contributed by atoms with E-state index < -0.39 is 23.6 Å². The third-order valence-electron chi connectivity index (χ3n) is 2.42. The lowest BCUT2D eigenvalue weighted by molar-refractivity contribution is 0.0635. The first-order valence-electron chi connectivity index (χ1n) is 6.36. The van der Waals surface area contributed by atoms with Crippen molar-refractivity contribution in [3.63, 3.8) is 0 Å². The van der Waals surface area contributed by atoms with Crippen LogP contribution in [0.15, 0.2) is 18.2 Å². The largest absolute Gasteiger partial charge is 0.444 e. The van der Waals surface area contributed by atoms with E-state index in [4.69, 9.17) is 15.6 Å². The van der Waals surface area contributed by atoms with Crippen LogP contribution in [-0.4, -0.2) is 29.4 Å². The van der Waals surface area contributed by atoms with Crippen molar-refractivity contribution in [2.75, 3.05) is 11.9 Å². The second-order valence-corrected chi connectivity index (χ2v) is 5.58. The summed E-state index contributed by atoms with van der Waals surface area (Å²) in [5.74, 6) is -0.431. The van der Waals surface area contributed by atoms with Crippen molar-refractivity contribution in [1.82, 2.24) is 0 Å². The molecular formula is C14H21FN2O3. The second-order valence-electron chi connectivity index (χ2n) is 5.58. The first kappa shape index (κ1) is 16.4. The maximum atomic E-state index is 13.3. The molecule has 4 N–H and O–H groups in total. The van der Waals surface area contributed by atoms with Gasteiger partial charge >= 0.3 is 6.09 Å². The summed E-state index contributed by atoms with van der Waals surface area (Å²) in [6.07, 6.45) is -0.373. The third-order valence-corrected chi connectivity index (χ3v) is 2.42. The van der Waals surface area contributed by atoms with E-state index in [-0.39, 0.29) is 13.0 Å². The van der Waals surface area contributed by atoms with E-state index in [1.807, 2.05) is 0 Å². The molecule has 0 aliphatic heterocycles. The molecule has 0 bridgehead atoms. The van der Waals surface area contributed by atoms with Gasteiger partial charge in [-0.05, 0) is 51.0 Å². The van der Waals surface area contributed by atoms with Crippen molar-refractivity contribution < 1.29 is 19.0 Å². The van der Waals surface area contributed by atoms with E-state index in [9.17, 15) is 9.18 Å². The number of anilines is 1. The van der Waals surface area contributed by atoms with Crippen LogP contribution >= 0.6 is 0 Å². The van der Waals surface area contributed by atoms with Crippen LogP contribution in [0.1, 0.15) is 26.3 Å². The summed E-state index contributed by atoms with van der Waals surface area (Å²) in [5.41, 5.74) is 5.95. The first-order valence-corrected chi connectivity index (χ1v) is 6.36. The van der Waals surface area contributed by atoms with Gasteiger partial charge in [-0.25, -0.2) is 9.18 Å². The quantitative estimate of drug-likeness (QED) is 0.790. The highest BCUT2D eigenvalue weighted by Crippen LogP contribution is 2.20. The number of hydrogen-bond acceptors (Lipinski definition) is 4.